The monoisotopic (exact) mass is 222 g/mol. The summed E-state index contributed by atoms with van der Waals surface area (Å²) in [6, 6.07) is 3.44. The molecule has 1 rings (SSSR count). The van der Waals surface area contributed by atoms with Crippen molar-refractivity contribution in [3.05, 3.63) is 29.6 Å². The van der Waals surface area contributed by atoms with Gasteiger partial charge in [0.1, 0.15) is 0 Å². The van der Waals surface area contributed by atoms with Gasteiger partial charge in [-0.1, -0.05) is 0 Å². The van der Waals surface area contributed by atoms with Crippen molar-refractivity contribution in [1.29, 1.82) is 0 Å². The largest absolute Gasteiger partial charge is 0.391 e. The van der Waals surface area contributed by atoms with E-state index in [1.165, 1.54) is 0 Å². The van der Waals surface area contributed by atoms with Gasteiger partial charge in [0.25, 0.3) is 5.91 Å². The molecule has 4 nitrogen and oxygen atoms in total. The lowest BCUT2D eigenvalue weighted by Crippen LogP contribution is -2.51. The molecule has 1 atom stereocenters. The Hall–Kier alpha value is -1.42. The first-order valence-corrected chi connectivity index (χ1v) is 5.27. The summed E-state index contributed by atoms with van der Waals surface area (Å²) in [4.78, 5) is 16.0. The standard InChI is InChI=1S/C12H18N2O2/c1-8-10(6-5-7-13-8)11(16)14-12(3,4)9(2)15/h5-7,9,15H,1-4H3,(H,14,16). The molecule has 0 aliphatic carbocycles. The molecule has 1 amide bonds. The van der Waals surface area contributed by atoms with Crippen molar-refractivity contribution >= 4 is 5.91 Å². The molecule has 0 aliphatic rings. The predicted octanol–water partition coefficient (Wildman–Crippen LogP) is 1.28. The highest BCUT2D eigenvalue weighted by Gasteiger charge is 2.26. The zero-order valence-corrected chi connectivity index (χ0v) is 10.1. The number of pyridine rings is 1. The summed E-state index contributed by atoms with van der Waals surface area (Å²) < 4.78 is 0. The highest BCUT2D eigenvalue weighted by molar-refractivity contribution is 5.95. The van der Waals surface area contributed by atoms with E-state index in [0.29, 0.717) is 11.3 Å². The van der Waals surface area contributed by atoms with Crippen LogP contribution in [-0.2, 0) is 0 Å². The van der Waals surface area contributed by atoms with Crippen LogP contribution in [0.3, 0.4) is 0 Å². The molecule has 0 fully saturated rings. The predicted molar refractivity (Wildman–Crippen MR) is 62.2 cm³/mol. The van der Waals surface area contributed by atoms with Gasteiger partial charge in [-0.05, 0) is 39.8 Å². The molecule has 0 aromatic carbocycles. The Morgan fingerprint density at radius 2 is 2.19 bits per heavy atom. The van der Waals surface area contributed by atoms with Crippen LogP contribution >= 0.6 is 0 Å². The van der Waals surface area contributed by atoms with E-state index in [1.54, 1.807) is 46.0 Å². The third-order valence-electron chi connectivity index (χ3n) is 2.73. The quantitative estimate of drug-likeness (QED) is 0.809. The molecule has 0 saturated carbocycles. The van der Waals surface area contributed by atoms with E-state index in [4.69, 9.17) is 0 Å². The molecular formula is C12H18N2O2. The molecule has 1 heterocycles. The van der Waals surface area contributed by atoms with Crippen LogP contribution < -0.4 is 5.32 Å². The maximum atomic E-state index is 11.9. The van der Waals surface area contributed by atoms with Gasteiger partial charge >= 0.3 is 0 Å². The van der Waals surface area contributed by atoms with Gasteiger partial charge in [0.05, 0.1) is 17.2 Å². The number of aromatic nitrogens is 1. The van der Waals surface area contributed by atoms with Crippen LogP contribution in [0.5, 0.6) is 0 Å². The Balaban J connectivity index is 2.85. The summed E-state index contributed by atoms with van der Waals surface area (Å²) in [5.41, 5.74) is 0.567. The minimum Gasteiger partial charge on any atom is -0.391 e. The number of aryl methyl sites for hydroxylation is 1. The number of nitrogens with zero attached hydrogens (tertiary/aromatic N) is 1. The minimum absolute atomic E-state index is 0.212. The molecule has 0 saturated heterocycles. The summed E-state index contributed by atoms with van der Waals surface area (Å²) in [7, 11) is 0. The van der Waals surface area contributed by atoms with Crippen LogP contribution in [0.4, 0.5) is 0 Å². The smallest absolute Gasteiger partial charge is 0.253 e. The Labute approximate surface area is 95.7 Å². The fourth-order valence-corrected chi connectivity index (χ4v) is 1.19. The molecule has 2 N–H and O–H groups in total. The summed E-state index contributed by atoms with van der Waals surface area (Å²) >= 11 is 0. The molecule has 4 heteroatoms. The van der Waals surface area contributed by atoms with E-state index >= 15 is 0 Å². The van der Waals surface area contributed by atoms with Gasteiger partial charge in [-0.15, -0.1) is 0 Å². The van der Waals surface area contributed by atoms with Crippen LogP contribution in [0.1, 0.15) is 36.8 Å². The number of aliphatic hydroxyl groups excluding tert-OH is 1. The van der Waals surface area contributed by atoms with Gasteiger partial charge in [0.15, 0.2) is 0 Å². The second-order valence-electron chi connectivity index (χ2n) is 4.49. The number of hydrogen-bond donors (Lipinski definition) is 2. The van der Waals surface area contributed by atoms with Crippen molar-refractivity contribution in [3.63, 3.8) is 0 Å². The van der Waals surface area contributed by atoms with Crippen molar-refractivity contribution < 1.29 is 9.90 Å². The fourth-order valence-electron chi connectivity index (χ4n) is 1.19. The number of carbonyl (C=O) groups is 1. The third-order valence-corrected chi connectivity index (χ3v) is 2.73. The molecule has 0 aliphatic heterocycles. The zero-order chi connectivity index (χ0) is 12.3. The molecule has 88 valence electrons. The molecule has 0 radical (unpaired) electrons. The second kappa shape index (κ2) is 4.61. The first kappa shape index (κ1) is 12.6. The second-order valence-corrected chi connectivity index (χ2v) is 4.49. The third kappa shape index (κ3) is 2.79. The van der Waals surface area contributed by atoms with Crippen LogP contribution in [0, 0.1) is 6.92 Å². The van der Waals surface area contributed by atoms with Crippen molar-refractivity contribution in [2.75, 3.05) is 0 Å². The number of nitrogens with one attached hydrogen (secondary N) is 1. The minimum atomic E-state index is -0.653. The number of amides is 1. The van der Waals surface area contributed by atoms with E-state index in [0.717, 1.165) is 0 Å². The topological polar surface area (TPSA) is 62.2 Å². The van der Waals surface area contributed by atoms with Crippen LogP contribution in [-0.4, -0.2) is 27.6 Å². The normalized spacial score (nSPS) is 13.3. The van der Waals surface area contributed by atoms with Crippen LogP contribution in [0.15, 0.2) is 18.3 Å². The SMILES string of the molecule is Cc1ncccc1C(=O)NC(C)(C)C(C)O. The molecule has 16 heavy (non-hydrogen) atoms. The highest BCUT2D eigenvalue weighted by Crippen LogP contribution is 2.11. The van der Waals surface area contributed by atoms with Gasteiger partial charge in [0.2, 0.25) is 0 Å². The summed E-state index contributed by atoms with van der Waals surface area (Å²) in [5, 5.41) is 12.3. The molecule has 0 bridgehead atoms. The number of carbonyl (C=O) groups excluding carboxylic acids is 1. The fraction of sp³-hybridized carbons (Fsp3) is 0.500. The van der Waals surface area contributed by atoms with E-state index < -0.39 is 11.6 Å². The Morgan fingerprint density at radius 3 is 2.69 bits per heavy atom. The number of aliphatic hydroxyl groups is 1. The van der Waals surface area contributed by atoms with Gasteiger partial charge < -0.3 is 10.4 Å². The van der Waals surface area contributed by atoms with Gasteiger partial charge in [-0.25, -0.2) is 0 Å². The Bertz CT molecular complexity index is 386. The van der Waals surface area contributed by atoms with Crippen molar-refractivity contribution in [2.24, 2.45) is 0 Å². The maximum absolute atomic E-state index is 11.9. The Morgan fingerprint density at radius 1 is 1.56 bits per heavy atom. The molecule has 1 aromatic heterocycles. The van der Waals surface area contributed by atoms with E-state index in [9.17, 15) is 9.90 Å². The van der Waals surface area contributed by atoms with E-state index in [-0.39, 0.29) is 5.91 Å². The average molecular weight is 222 g/mol. The summed E-state index contributed by atoms with van der Waals surface area (Å²) in [6.45, 7) is 6.99. The molecule has 0 spiro atoms. The lowest BCUT2D eigenvalue weighted by atomic mass is 9.98. The number of rotatable bonds is 3. The average Bonchev–Trinajstić information content (AvgIpc) is 2.17. The first-order chi connectivity index (χ1) is 7.34. The van der Waals surface area contributed by atoms with E-state index in [1.807, 2.05) is 0 Å². The van der Waals surface area contributed by atoms with Crippen molar-refractivity contribution in [3.8, 4) is 0 Å². The highest BCUT2D eigenvalue weighted by atomic mass is 16.3. The van der Waals surface area contributed by atoms with Crippen molar-refractivity contribution in [1.82, 2.24) is 10.3 Å². The maximum Gasteiger partial charge on any atom is 0.253 e. The molecular weight excluding hydrogens is 204 g/mol. The van der Waals surface area contributed by atoms with Gasteiger partial charge in [0, 0.05) is 11.9 Å². The molecule has 1 aromatic rings. The zero-order valence-electron chi connectivity index (χ0n) is 10.1. The van der Waals surface area contributed by atoms with Gasteiger partial charge in [-0.3, -0.25) is 9.78 Å². The summed E-state index contributed by atoms with van der Waals surface area (Å²) in [5.74, 6) is -0.212. The lowest BCUT2D eigenvalue weighted by Gasteiger charge is -2.29. The van der Waals surface area contributed by atoms with Gasteiger partial charge in [-0.2, -0.15) is 0 Å². The van der Waals surface area contributed by atoms with E-state index in [2.05, 4.69) is 10.3 Å². The Kier molecular flexibility index (Phi) is 3.65. The summed E-state index contributed by atoms with van der Waals surface area (Å²) in [6.07, 6.45) is 1.03. The van der Waals surface area contributed by atoms with Crippen LogP contribution in [0.2, 0.25) is 0 Å². The lowest BCUT2D eigenvalue weighted by molar-refractivity contribution is 0.0708. The first-order valence-electron chi connectivity index (χ1n) is 5.27. The van der Waals surface area contributed by atoms with Crippen LogP contribution in [0.25, 0.3) is 0 Å². The number of hydrogen-bond acceptors (Lipinski definition) is 3. The van der Waals surface area contributed by atoms with Crippen molar-refractivity contribution in [2.45, 2.75) is 39.3 Å². The molecule has 1 unspecified atom stereocenters.